The van der Waals surface area contributed by atoms with Crippen LogP contribution in [0.15, 0.2) is 24.5 Å². The van der Waals surface area contributed by atoms with Crippen LogP contribution < -0.4 is 0 Å². The fraction of sp³-hybridized carbons (Fsp3) is 0.400. The van der Waals surface area contributed by atoms with Gasteiger partial charge in [0, 0.05) is 24.2 Å². The molecule has 1 rings (SSSR count). The Labute approximate surface area is 87.5 Å². The molecule has 1 aromatic rings. The minimum absolute atomic E-state index is 0.368. The van der Waals surface area contributed by atoms with E-state index in [-0.39, 0.29) is 0 Å². The lowest BCUT2D eigenvalue weighted by Crippen LogP contribution is -2.26. The third-order valence-corrected chi connectivity index (χ3v) is 2.26. The maximum absolute atomic E-state index is 10.5. The fourth-order valence-electron chi connectivity index (χ4n) is 1.24. The number of nitro groups is 1. The molecule has 78 valence electrons. The molecule has 0 N–H and O–H groups in total. The van der Waals surface area contributed by atoms with Gasteiger partial charge in [0.1, 0.15) is 5.92 Å². The molecule has 0 aromatic carbocycles. The second-order valence-electron chi connectivity index (χ2n) is 3.33. The molecule has 5 nitrogen and oxygen atoms in total. The second-order valence-corrected chi connectivity index (χ2v) is 3.33. The Morgan fingerprint density at radius 3 is 2.93 bits per heavy atom. The smallest absolute Gasteiger partial charge is 0.226 e. The predicted octanol–water partition coefficient (Wildman–Crippen LogP) is 1.43. The van der Waals surface area contributed by atoms with Crippen molar-refractivity contribution >= 4 is 0 Å². The summed E-state index contributed by atoms with van der Waals surface area (Å²) in [6, 6.07) is 4.67. The van der Waals surface area contributed by atoms with Crippen molar-refractivity contribution in [3.63, 3.8) is 0 Å². The third-order valence-electron chi connectivity index (χ3n) is 2.26. The van der Waals surface area contributed by atoms with Crippen molar-refractivity contribution in [1.29, 1.82) is 5.26 Å². The maximum atomic E-state index is 10.5. The fourth-order valence-corrected chi connectivity index (χ4v) is 1.24. The van der Waals surface area contributed by atoms with Crippen LogP contribution in [0.5, 0.6) is 0 Å². The molecule has 0 aliphatic rings. The minimum Gasteiger partial charge on any atom is -0.264 e. The summed E-state index contributed by atoms with van der Waals surface area (Å²) in [5.74, 6) is -0.607. The van der Waals surface area contributed by atoms with Crippen molar-refractivity contribution in [2.24, 2.45) is 5.92 Å². The average molecular weight is 205 g/mol. The lowest BCUT2D eigenvalue weighted by Gasteiger charge is -2.10. The molecular weight excluding hydrogens is 194 g/mol. The highest BCUT2D eigenvalue weighted by molar-refractivity contribution is 5.11. The summed E-state index contributed by atoms with van der Waals surface area (Å²) in [6.45, 7) is 1.45. The molecule has 0 saturated heterocycles. The molecule has 2 atom stereocenters. The van der Waals surface area contributed by atoms with Crippen LogP contribution in [0.2, 0.25) is 0 Å². The number of hydrogen-bond donors (Lipinski definition) is 0. The summed E-state index contributed by atoms with van der Waals surface area (Å²) in [6.07, 6.45) is 3.62. The van der Waals surface area contributed by atoms with Crippen LogP contribution in [0.25, 0.3) is 0 Å². The summed E-state index contributed by atoms with van der Waals surface area (Å²) >= 11 is 0. The van der Waals surface area contributed by atoms with Gasteiger partial charge in [-0.3, -0.25) is 15.1 Å². The van der Waals surface area contributed by atoms with E-state index in [1.165, 1.54) is 6.92 Å². The van der Waals surface area contributed by atoms with E-state index in [2.05, 4.69) is 4.98 Å². The van der Waals surface area contributed by atoms with E-state index in [0.717, 1.165) is 5.56 Å². The van der Waals surface area contributed by atoms with Gasteiger partial charge in [0.2, 0.25) is 6.04 Å². The van der Waals surface area contributed by atoms with Crippen LogP contribution in [0.1, 0.15) is 12.5 Å². The first-order chi connectivity index (χ1) is 7.15. The molecule has 0 aliphatic heterocycles. The van der Waals surface area contributed by atoms with E-state index in [0.29, 0.717) is 6.42 Å². The van der Waals surface area contributed by atoms with Crippen LogP contribution >= 0.6 is 0 Å². The number of hydrogen-bond acceptors (Lipinski definition) is 4. The molecule has 5 heteroatoms. The van der Waals surface area contributed by atoms with Gasteiger partial charge < -0.3 is 0 Å². The molecule has 2 unspecified atom stereocenters. The zero-order valence-corrected chi connectivity index (χ0v) is 8.33. The molecule has 0 radical (unpaired) electrons. The van der Waals surface area contributed by atoms with Crippen molar-refractivity contribution in [1.82, 2.24) is 4.98 Å². The zero-order chi connectivity index (χ0) is 11.3. The van der Waals surface area contributed by atoms with Gasteiger partial charge in [-0.05, 0) is 18.1 Å². The lowest BCUT2D eigenvalue weighted by molar-refractivity contribution is -0.524. The van der Waals surface area contributed by atoms with Gasteiger partial charge >= 0.3 is 0 Å². The molecule has 0 bridgehead atoms. The maximum Gasteiger partial charge on any atom is 0.226 e. The Balaban J connectivity index is 2.71. The van der Waals surface area contributed by atoms with E-state index in [1.807, 2.05) is 12.1 Å². The normalized spacial score (nSPS) is 13.9. The van der Waals surface area contributed by atoms with Crippen LogP contribution in [-0.2, 0) is 6.42 Å². The number of pyridine rings is 1. The zero-order valence-electron chi connectivity index (χ0n) is 8.33. The third kappa shape index (κ3) is 3.02. The van der Waals surface area contributed by atoms with E-state index in [4.69, 9.17) is 5.26 Å². The van der Waals surface area contributed by atoms with Crippen molar-refractivity contribution in [2.75, 3.05) is 0 Å². The van der Waals surface area contributed by atoms with Gasteiger partial charge in [-0.2, -0.15) is 5.26 Å². The number of rotatable bonds is 4. The predicted molar refractivity (Wildman–Crippen MR) is 53.5 cm³/mol. The van der Waals surface area contributed by atoms with Crippen molar-refractivity contribution < 1.29 is 4.92 Å². The number of aromatic nitrogens is 1. The lowest BCUT2D eigenvalue weighted by atomic mass is 9.96. The quantitative estimate of drug-likeness (QED) is 0.550. The molecule has 15 heavy (non-hydrogen) atoms. The van der Waals surface area contributed by atoms with Crippen LogP contribution in [0.3, 0.4) is 0 Å². The first kappa shape index (κ1) is 11.1. The standard InChI is InChI=1S/C10H11N3O2/c1-8(13(14)15)10(6-11)5-9-3-2-4-12-7-9/h2-4,7-8,10H,5H2,1H3. The molecule has 0 saturated carbocycles. The van der Waals surface area contributed by atoms with E-state index < -0.39 is 16.9 Å². The highest BCUT2D eigenvalue weighted by Gasteiger charge is 2.26. The Kier molecular flexibility index (Phi) is 3.75. The van der Waals surface area contributed by atoms with E-state index in [9.17, 15) is 10.1 Å². The average Bonchev–Trinajstić information content (AvgIpc) is 2.26. The van der Waals surface area contributed by atoms with Gasteiger partial charge in [-0.25, -0.2) is 0 Å². The van der Waals surface area contributed by atoms with Gasteiger partial charge in [0.25, 0.3) is 0 Å². The minimum atomic E-state index is -0.852. The Bertz CT molecular complexity index is 372. The van der Waals surface area contributed by atoms with Crippen molar-refractivity contribution in [2.45, 2.75) is 19.4 Å². The summed E-state index contributed by atoms with van der Waals surface area (Å²) < 4.78 is 0. The van der Waals surface area contributed by atoms with Gasteiger partial charge in [-0.15, -0.1) is 0 Å². The molecule has 0 amide bonds. The van der Waals surface area contributed by atoms with E-state index in [1.54, 1.807) is 18.5 Å². The summed E-state index contributed by atoms with van der Waals surface area (Å²) in [7, 11) is 0. The monoisotopic (exact) mass is 205 g/mol. The largest absolute Gasteiger partial charge is 0.264 e. The first-order valence-electron chi connectivity index (χ1n) is 4.57. The second kappa shape index (κ2) is 5.05. The summed E-state index contributed by atoms with van der Waals surface area (Å²) in [5, 5.41) is 19.4. The Hall–Kier alpha value is -1.96. The molecule has 1 aromatic heterocycles. The number of nitrogens with zero attached hydrogens (tertiary/aromatic N) is 3. The Morgan fingerprint density at radius 1 is 1.73 bits per heavy atom. The van der Waals surface area contributed by atoms with Crippen LogP contribution in [-0.4, -0.2) is 15.9 Å². The number of nitriles is 1. The van der Waals surface area contributed by atoms with Crippen LogP contribution in [0, 0.1) is 27.4 Å². The molecule has 0 aliphatic carbocycles. The highest BCUT2D eigenvalue weighted by Crippen LogP contribution is 2.12. The van der Waals surface area contributed by atoms with Gasteiger partial charge in [0.15, 0.2) is 0 Å². The highest BCUT2D eigenvalue weighted by atomic mass is 16.6. The molecule has 0 fully saturated rings. The van der Waals surface area contributed by atoms with Gasteiger partial charge in [0.05, 0.1) is 6.07 Å². The summed E-state index contributed by atoms with van der Waals surface area (Å²) in [4.78, 5) is 14.0. The molecular formula is C10H11N3O2. The Morgan fingerprint density at radius 2 is 2.47 bits per heavy atom. The SMILES string of the molecule is CC(C(C#N)Cc1cccnc1)[N+](=O)[O-]. The van der Waals surface area contributed by atoms with Crippen molar-refractivity contribution in [3.05, 3.63) is 40.2 Å². The van der Waals surface area contributed by atoms with E-state index >= 15 is 0 Å². The van der Waals surface area contributed by atoms with Crippen LogP contribution in [0.4, 0.5) is 0 Å². The van der Waals surface area contributed by atoms with Crippen molar-refractivity contribution in [3.8, 4) is 6.07 Å². The molecule has 1 heterocycles. The van der Waals surface area contributed by atoms with Gasteiger partial charge in [-0.1, -0.05) is 6.07 Å². The first-order valence-corrected chi connectivity index (χ1v) is 4.57. The molecule has 0 spiro atoms. The summed E-state index contributed by atoms with van der Waals surface area (Å²) in [5.41, 5.74) is 0.845. The topological polar surface area (TPSA) is 79.8 Å².